The van der Waals surface area contributed by atoms with Crippen molar-refractivity contribution < 1.29 is 23.8 Å². The molecule has 7 heteroatoms. The van der Waals surface area contributed by atoms with E-state index in [0.717, 1.165) is 17.7 Å². The van der Waals surface area contributed by atoms with Crippen LogP contribution in [0, 0.1) is 0 Å². The summed E-state index contributed by atoms with van der Waals surface area (Å²) in [6.45, 7) is 2.10. The van der Waals surface area contributed by atoms with Crippen molar-refractivity contribution in [2.45, 2.75) is 44.6 Å². The van der Waals surface area contributed by atoms with E-state index in [1.165, 1.54) is 0 Å². The van der Waals surface area contributed by atoms with Gasteiger partial charge >= 0.3 is 5.97 Å². The zero-order chi connectivity index (χ0) is 17.5. The molecule has 0 saturated carbocycles. The number of carboxylic acid groups (broad SMARTS) is 1. The van der Waals surface area contributed by atoms with E-state index in [0.29, 0.717) is 6.42 Å². The molecule has 1 atom stereocenters. The third-order valence-electron chi connectivity index (χ3n) is 3.63. The summed E-state index contributed by atoms with van der Waals surface area (Å²) in [6.07, 6.45) is -1.80. The number of aromatic hydroxyl groups is 1. The summed E-state index contributed by atoms with van der Waals surface area (Å²) < 4.78 is 25.4. The Morgan fingerprint density at radius 2 is 1.96 bits per heavy atom. The topological polar surface area (TPSA) is 95.9 Å². The first-order chi connectivity index (χ1) is 10.8. The second kappa shape index (κ2) is 8.57. The average Bonchev–Trinajstić information content (AvgIpc) is 2.50. The Kier molecular flexibility index (Phi) is 7.09. The van der Waals surface area contributed by atoms with Crippen molar-refractivity contribution in [3.05, 3.63) is 29.8 Å². The number of benzene rings is 1. The first-order valence-corrected chi connectivity index (χ1v) is 7.34. The van der Waals surface area contributed by atoms with Gasteiger partial charge in [0.15, 0.2) is 5.54 Å². The fourth-order valence-corrected chi connectivity index (χ4v) is 2.02. The number of aliphatic imine (C=N–C) groups is 1. The van der Waals surface area contributed by atoms with E-state index in [-0.39, 0.29) is 25.1 Å². The molecule has 0 heterocycles. The van der Waals surface area contributed by atoms with Crippen LogP contribution in [0.5, 0.6) is 5.75 Å². The highest BCUT2D eigenvalue weighted by Gasteiger charge is 2.43. The van der Waals surface area contributed by atoms with Crippen LogP contribution in [-0.4, -0.2) is 40.4 Å². The maximum Gasteiger partial charge on any atom is 0.329 e. The molecule has 0 saturated heterocycles. The summed E-state index contributed by atoms with van der Waals surface area (Å²) in [5.41, 5.74) is 4.64. The Balaban J connectivity index is 2.39. The summed E-state index contributed by atoms with van der Waals surface area (Å²) >= 11 is 0. The Morgan fingerprint density at radius 3 is 2.48 bits per heavy atom. The lowest BCUT2D eigenvalue weighted by Gasteiger charge is -2.23. The van der Waals surface area contributed by atoms with Gasteiger partial charge in [0.25, 0.3) is 6.43 Å². The van der Waals surface area contributed by atoms with Crippen LogP contribution in [0.2, 0.25) is 0 Å². The average molecular weight is 328 g/mol. The highest BCUT2D eigenvalue weighted by Crippen LogP contribution is 2.19. The first-order valence-electron chi connectivity index (χ1n) is 7.34. The van der Waals surface area contributed by atoms with E-state index in [1.807, 2.05) is 19.1 Å². The second-order valence-electron chi connectivity index (χ2n) is 5.53. The molecule has 0 bridgehead atoms. The van der Waals surface area contributed by atoms with Crippen LogP contribution in [0.15, 0.2) is 29.3 Å². The highest BCUT2D eigenvalue weighted by molar-refractivity contribution is 5.82. The monoisotopic (exact) mass is 328 g/mol. The second-order valence-corrected chi connectivity index (χ2v) is 5.53. The van der Waals surface area contributed by atoms with E-state index >= 15 is 0 Å². The normalized spacial score (nSPS) is 14.7. The van der Waals surface area contributed by atoms with Crippen LogP contribution in [0.4, 0.5) is 8.78 Å². The van der Waals surface area contributed by atoms with Crippen molar-refractivity contribution in [3.8, 4) is 5.75 Å². The molecule has 0 aliphatic rings. The molecule has 0 amide bonds. The molecule has 0 aliphatic carbocycles. The predicted octanol–water partition coefficient (Wildman–Crippen LogP) is 2.61. The van der Waals surface area contributed by atoms with E-state index < -0.39 is 17.9 Å². The SMILES string of the molecule is CC(CCc1ccc(O)cc1)=NCCCC(N)(C(=O)O)C(F)F. The van der Waals surface area contributed by atoms with Gasteiger partial charge in [0.05, 0.1) is 0 Å². The summed E-state index contributed by atoms with van der Waals surface area (Å²) in [7, 11) is 0. The van der Waals surface area contributed by atoms with Crippen LogP contribution < -0.4 is 5.73 Å². The van der Waals surface area contributed by atoms with Gasteiger partial charge in [0.2, 0.25) is 0 Å². The molecule has 1 aromatic carbocycles. The van der Waals surface area contributed by atoms with Crippen LogP contribution in [-0.2, 0) is 11.2 Å². The summed E-state index contributed by atoms with van der Waals surface area (Å²) in [6, 6.07) is 6.86. The molecule has 0 spiro atoms. The Hall–Kier alpha value is -2.02. The summed E-state index contributed by atoms with van der Waals surface area (Å²) in [5, 5.41) is 18.0. The number of carbonyl (C=O) groups is 1. The van der Waals surface area contributed by atoms with Crippen molar-refractivity contribution in [3.63, 3.8) is 0 Å². The molecule has 0 fully saturated rings. The lowest BCUT2D eigenvalue weighted by molar-refractivity contribution is -0.150. The number of aryl methyl sites for hydroxylation is 1. The minimum Gasteiger partial charge on any atom is -0.508 e. The smallest absolute Gasteiger partial charge is 0.329 e. The van der Waals surface area contributed by atoms with E-state index in [4.69, 9.17) is 10.8 Å². The number of phenols is 1. The van der Waals surface area contributed by atoms with Gasteiger partial charge in [-0.15, -0.1) is 0 Å². The van der Waals surface area contributed by atoms with Gasteiger partial charge in [0.1, 0.15) is 5.75 Å². The molecule has 0 aliphatic heterocycles. The maximum absolute atomic E-state index is 12.7. The van der Waals surface area contributed by atoms with Gasteiger partial charge in [-0.25, -0.2) is 13.6 Å². The Bertz CT molecular complexity index is 547. The van der Waals surface area contributed by atoms with Crippen molar-refractivity contribution in [1.82, 2.24) is 0 Å². The lowest BCUT2D eigenvalue weighted by atomic mass is 9.95. The fourth-order valence-electron chi connectivity index (χ4n) is 2.02. The highest BCUT2D eigenvalue weighted by atomic mass is 19.3. The van der Waals surface area contributed by atoms with Crippen LogP contribution in [0.3, 0.4) is 0 Å². The maximum atomic E-state index is 12.7. The number of hydrogen-bond donors (Lipinski definition) is 3. The number of rotatable bonds is 9. The number of carboxylic acids is 1. The minimum atomic E-state index is -3.11. The first kappa shape index (κ1) is 19.0. The third-order valence-corrected chi connectivity index (χ3v) is 3.63. The molecular formula is C16H22F2N2O3. The van der Waals surface area contributed by atoms with Crippen molar-refractivity contribution in [2.75, 3.05) is 6.54 Å². The van der Waals surface area contributed by atoms with Crippen molar-refractivity contribution in [2.24, 2.45) is 10.7 Å². The number of phenolic OH excluding ortho intramolecular Hbond substituents is 1. The molecule has 1 unspecified atom stereocenters. The van der Waals surface area contributed by atoms with Gasteiger partial charge < -0.3 is 15.9 Å². The van der Waals surface area contributed by atoms with Crippen LogP contribution in [0.1, 0.15) is 31.7 Å². The Labute approximate surface area is 133 Å². The van der Waals surface area contributed by atoms with E-state index in [2.05, 4.69) is 4.99 Å². The van der Waals surface area contributed by atoms with Crippen molar-refractivity contribution in [1.29, 1.82) is 0 Å². The fraction of sp³-hybridized carbons (Fsp3) is 0.500. The van der Waals surface area contributed by atoms with Gasteiger partial charge in [0, 0.05) is 12.3 Å². The van der Waals surface area contributed by atoms with Gasteiger partial charge in [-0.3, -0.25) is 4.99 Å². The van der Waals surface area contributed by atoms with E-state index in [1.54, 1.807) is 12.1 Å². The molecule has 0 radical (unpaired) electrons. The quantitative estimate of drug-likeness (QED) is 0.479. The zero-order valence-electron chi connectivity index (χ0n) is 13.0. The predicted molar refractivity (Wildman–Crippen MR) is 84.2 cm³/mol. The molecule has 1 aromatic rings. The van der Waals surface area contributed by atoms with E-state index in [9.17, 15) is 18.7 Å². The molecular weight excluding hydrogens is 306 g/mol. The number of nitrogens with two attached hydrogens (primary N) is 1. The summed E-state index contributed by atoms with van der Waals surface area (Å²) in [5.74, 6) is -1.48. The van der Waals surface area contributed by atoms with Crippen LogP contribution in [0.25, 0.3) is 0 Å². The standard InChI is InChI=1S/C16H22F2N2O3/c1-11(3-4-12-5-7-13(21)8-6-12)20-10-2-9-16(19,14(17)18)15(22)23/h5-8,14,21H,2-4,9-10,19H2,1H3,(H,22,23). The largest absolute Gasteiger partial charge is 0.508 e. The van der Waals surface area contributed by atoms with Gasteiger partial charge in [-0.2, -0.15) is 0 Å². The molecule has 0 aromatic heterocycles. The number of hydrogen-bond acceptors (Lipinski definition) is 4. The van der Waals surface area contributed by atoms with Crippen molar-refractivity contribution >= 4 is 11.7 Å². The third kappa shape index (κ3) is 5.94. The molecule has 128 valence electrons. The minimum absolute atomic E-state index is 0.184. The molecule has 4 N–H and O–H groups in total. The molecule has 1 rings (SSSR count). The molecule has 5 nitrogen and oxygen atoms in total. The number of nitrogens with zero attached hydrogens (tertiary/aromatic N) is 1. The summed E-state index contributed by atoms with van der Waals surface area (Å²) in [4.78, 5) is 15.1. The van der Waals surface area contributed by atoms with Gasteiger partial charge in [-0.05, 0) is 50.3 Å². The molecule has 23 heavy (non-hydrogen) atoms. The Morgan fingerprint density at radius 1 is 1.35 bits per heavy atom. The lowest BCUT2D eigenvalue weighted by Crippen LogP contribution is -2.54. The zero-order valence-corrected chi connectivity index (χ0v) is 13.0. The van der Waals surface area contributed by atoms with Gasteiger partial charge in [-0.1, -0.05) is 12.1 Å². The number of aliphatic carboxylic acids is 1. The number of halogens is 2. The van der Waals surface area contributed by atoms with Crippen LogP contribution >= 0.6 is 0 Å². The number of alkyl halides is 2.